The predicted octanol–water partition coefficient (Wildman–Crippen LogP) is 1.38. The molecule has 2 N–H and O–H groups in total. The lowest BCUT2D eigenvalue weighted by Gasteiger charge is -2.09. The van der Waals surface area contributed by atoms with Crippen LogP contribution < -0.4 is 10.6 Å². The number of hydrogen-bond donors (Lipinski definition) is 2. The van der Waals surface area contributed by atoms with E-state index in [2.05, 4.69) is 24.5 Å². The molecule has 0 amide bonds. The molecule has 5 heteroatoms. The van der Waals surface area contributed by atoms with Crippen LogP contribution in [0.3, 0.4) is 0 Å². The zero-order chi connectivity index (χ0) is 10.3. The molecule has 13 heavy (non-hydrogen) atoms. The summed E-state index contributed by atoms with van der Waals surface area (Å²) in [6.07, 6.45) is -4.10. The van der Waals surface area contributed by atoms with Gasteiger partial charge in [-0.05, 0) is 12.5 Å². The van der Waals surface area contributed by atoms with Crippen LogP contribution in [-0.2, 0) is 0 Å². The molecule has 0 unspecified atom stereocenters. The summed E-state index contributed by atoms with van der Waals surface area (Å²) in [5.74, 6) is 0.530. The third-order valence-electron chi connectivity index (χ3n) is 1.36. The summed E-state index contributed by atoms with van der Waals surface area (Å²) < 4.78 is 34.8. The predicted molar refractivity (Wildman–Crippen MR) is 46.6 cm³/mol. The van der Waals surface area contributed by atoms with Crippen molar-refractivity contribution < 1.29 is 13.2 Å². The van der Waals surface area contributed by atoms with Crippen molar-refractivity contribution in [2.75, 3.05) is 26.2 Å². The zero-order valence-corrected chi connectivity index (χ0v) is 8.04. The molecule has 0 fully saturated rings. The van der Waals surface area contributed by atoms with Crippen molar-refractivity contribution in [2.45, 2.75) is 20.0 Å². The number of nitrogens with one attached hydrogen (secondary N) is 2. The lowest BCUT2D eigenvalue weighted by Crippen LogP contribution is -2.35. The highest BCUT2D eigenvalue weighted by Gasteiger charge is 2.25. The van der Waals surface area contributed by atoms with Crippen LogP contribution in [0, 0.1) is 5.92 Å². The molecule has 0 atom stereocenters. The van der Waals surface area contributed by atoms with Gasteiger partial charge in [0, 0.05) is 13.1 Å². The number of rotatable bonds is 6. The van der Waals surface area contributed by atoms with E-state index in [4.69, 9.17) is 0 Å². The number of alkyl halides is 3. The maximum Gasteiger partial charge on any atom is 0.401 e. The first-order valence-electron chi connectivity index (χ1n) is 4.40. The van der Waals surface area contributed by atoms with Gasteiger partial charge >= 0.3 is 6.18 Å². The van der Waals surface area contributed by atoms with Crippen LogP contribution in [0.25, 0.3) is 0 Å². The molecule has 0 spiro atoms. The van der Waals surface area contributed by atoms with Gasteiger partial charge in [-0.3, -0.25) is 0 Å². The van der Waals surface area contributed by atoms with Gasteiger partial charge in [-0.25, -0.2) is 0 Å². The summed E-state index contributed by atoms with van der Waals surface area (Å²) in [6, 6.07) is 0. The maximum absolute atomic E-state index is 11.6. The summed E-state index contributed by atoms with van der Waals surface area (Å²) in [7, 11) is 0. The molecule has 2 nitrogen and oxygen atoms in total. The Morgan fingerprint density at radius 1 is 1.08 bits per heavy atom. The minimum Gasteiger partial charge on any atom is -0.315 e. The van der Waals surface area contributed by atoms with E-state index in [1.54, 1.807) is 0 Å². The van der Waals surface area contributed by atoms with Crippen molar-refractivity contribution in [1.82, 2.24) is 10.6 Å². The second-order valence-electron chi connectivity index (χ2n) is 3.39. The Morgan fingerprint density at radius 3 is 2.08 bits per heavy atom. The summed E-state index contributed by atoms with van der Waals surface area (Å²) in [6.45, 7) is 4.97. The fraction of sp³-hybridized carbons (Fsp3) is 1.00. The number of halogens is 3. The molecule has 0 aliphatic heterocycles. The maximum atomic E-state index is 11.6. The van der Waals surface area contributed by atoms with Gasteiger partial charge in [-0.2, -0.15) is 13.2 Å². The summed E-state index contributed by atoms with van der Waals surface area (Å²) in [5.41, 5.74) is 0. The van der Waals surface area contributed by atoms with E-state index in [9.17, 15) is 13.2 Å². The fourth-order valence-electron chi connectivity index (χ4n) is 0.798. The molecule has 0 aliphatic carbocycles. The Balaban J connectivity index is 3.09. The molecule has 0 aromatic heterocycles. The quantitative estimate of drug-likeness (QED) is 0.630. The first-order chi connectivity index (χ1) is 5.92. The molecular weight excluding hydrogens is 181 g/mol. The van der Waals surface area contributed by atoms with Gasteiger partial charge in [-0.1, -0.05) is 13.8 Å². The minimum absolute atomic E-state index is 0.353. The average molecular weight is 198 g/mol. The Hall–Kier alpha value is -0.290. The van der Waals surface area contributed by atoms with E-state index in [1.807, 2.05) is 0 Å². The third kappa shape index (κ3) is 11.7. The van der Waals surface area contributed by atoms with E-state index >= 15 is 0 Å². The van der Waals surface area contributed by atoms with Crippen LogP contribution in [0.1, 0.15) is 13.8 Å². The molecule has 0 bridgehead atoms. The molecule has 0 saturated heterocycles. The second-order valence-corrected chi connectivity index (χ2v) is 3.39. The highest BCUT2D eigenvalue weighted by molar-refractivity contribution is 4.58. The summed E-state index contributed by atoms with van der Waals surface area (Å²) in [5, 5.41) is 5.35. The SMILES string of the molecule is CC(C)CNCCNCC(F)(F)F. The van der Waals surface area contributed by atoms with Gasteiger partial charge in [0.2, 0.25) is 0 Å². The molecule has 0 heterocycles. The molecule has 0 saturated carbocycles. The van der Waals surface area contributed by atoms with Gasteiger partial charge in [0.15, 0.2) is 0 Å². The monoisotopic (exact) mass is 198 g/mol. The number of hydrogen-bond acceptors (Lipinski definition) is 2. The molecule has 0 rings (SSSR count). The van der Waals surface area contributed by atoms with Gasteiger partial charge in [0.1, 0.15) is 0 Å². The first kappa shape index (κ1) is 12.7. The standard InChI is InChI=1S/C8H17F3N2/c1-7(2)5-12-3-4-13-6-8(9,10)11/h7,12-13H,3-6H2,1-2H3. The average Bonchev–Trinajstić information content (AvgIpc) is 1.93. The zero-order valence-electron chi connectivity index (χ0n) is 8.04. The molecular formula is C8H17F3N2. The first-order valence-corrected chi connectivity index (χ1v) is 4.40. The van der Waals surface area contributed by atoms with E-state index in [0.29, 0.717) is 19.0 Å². The highest BCUT2D eigenvalue weighted by atomic mass is 19.4. The van der Waals surface area contributed by atoms with Crippen molar-refractivity contribution in [3.05, 3.63) is 0 Å². The Labute approximate surface area is 76.9 Å². The van der Waals surface area contributed by atoms with Crippen molar-refractivity contribution >= 4 is 0 Å². The second kappa shape index (κ2) is 6.21. The van der Waals surface area contributed by atoms with Crippen LogP contribution in [0.4, 0.5) is 13.2 Å². The van der Waals surface area contributed by atoms with Crippen LogP contribution in [0.15, 0.2) is 0 Å². The van der Waals surface area contributed by atoms with Crippen LogP contribution >= 0.6 is 0 Å². The minimum atomic E-state index is -4.10. The van der Waals surface area contributed by atoms with Gasteiger partial charge in [0.05, 0.1) is 6.54 Å². The largest absolute Gasteiger partial charge is 0.401 e. The van der Waals surface area contributed by atoms with Gasteiger partial charge in [-0.15, -0.1) is 0 Å². The van der Waals surface area contributed by atoms with Crippen LogP contribution in [-0.4, -0.2) is 32.4 Å². The van der Waals surface area contributed by atoms with E-state index < -0.39 is 12.7 Å². The topological polar surface area (TPSA) is 24.1 Å². The lowest BCUT2D eigenvalue weighted by atomic mass is 10.2. The van der Waals surface area contributed by atoms with Gasteiger partial charge < -0.3 is 10.6 Å². The fourth-order valence-corrected chi connectivity index (χ4v) is 0.798. The Kier molecular flexibility index (Phi) is 6.07. The lowest BCUT2D eigenvalue weighted by molar-refractivity contribution is -0.124. The Bertz CT molecular complexity index is 123. The summed E-state index contributed by atoms with van der Waals surface area (Å²) in [4.78, 5) is 0. The normalized spacial score (nSPS) is 12.5. The highest BCUT2D eigenvalue weighted by Crippen LogP contribution is 2.11. The van der Waals surface area contributed by atoms with Crippen LogP contribution in [0.2, 0.25) is 0 Å². The summed E-state index contributed by atoms with van der Waals surface area (Å²) >= 11 is 0. The van der Waals surface area contributed by atoms with Crippen molar-refractivity contribution in [3.8, 4) is 0 Å². The molecule has 80 valence electrons. The van der Waals surface area contributed by atoms with Crippen LogP contribution in [0.5, 0.6) is 0 Å². The molecule has 0 aliphatic rings. The smallest absolute Gasteiger partial charge is 0.315 e. The molecule has 0 aromatic rings. The van der Waals surface area contributed by atoms with Crippen molar-refractivity contribution in [2.24, 2.45) is 5.92 Å². The molecule has 0 aromatic carbocycles. The molecule has 0 radical (unpaired) electrons. The van der Waals surface area contributed by atoms with E-state index in [0.717, 1.165) is 6.54 Å². The van der Waals surface area contributed by atoms with E-state index in [-0.39, 0.29) is 0 Å². The van der Waals surface area contributed by atoms with E-state index in [1.165, 1.54) is 0 Å². The van der Waals surface area contributed by atoms with Crippen molar-refractivity contribution in [3.63, 3.8) is 0 Å². The van der Waals surface area contributed by atoms with Gasteiger partial charge in [0.25, 0.3) is 0 Å². The third-order valence-corrected chi connectivity index (χ3v) is 1.36. The van der Waals surface area contributed by atoms with Crippen molar-refractivity contribution in [1.29, 1.82) is 0 Å². The Morgan fingerprint density at radius 2 is 1.62 bits per heavy atom.